The fraction of sp³-hybridized carbons (Fsp3) is 0.200. The zero-order valence-electron chi connectivity index (χ0n) is 15.5. The van der Waals surface area contributed by atoms with E-state index in [4.69, 9.17) is 4.98 Å². The molecule has 0 amide bonds. The first-order valence-electron chi connectivity index (χ1n) is 9.72. The molecule has 0 saturated heterocycles. The summed E-state index contributed by atoms with van der Waals surface area (Å²) in [5.74, 6) is 0.755. The van der Waals surface area contributed by atoms with Crippen LogP contribution in [-0.2, 0) is 0 Å². The molecule has 0 aliphatic heterocycles. The highest BCUT2D eigenvalue weighted by Crippen LogP contribution is 2.38. The molecule has 132 valence electrons. The van der Waals surface area contributed by atoms with Gasteiger partial charge in [-0.25, -0.2) is 4.98 Å². The van der Waals surface area contributed by atoms with Crippen LogP contribution in [0.1, 0.15) is 36.4 Å². The van der Waals surface area contributed by atoms with Crippen molar-refractivity contribution in [3.05, 3.63) is 84.2 Å². The first-order chi connectivity index (χ1) is 13.3. The van der Waals surface area contributed by atoms with Crippen molar-refractivity contribution in [2.24, 2.45) is 0 Å². The largest absolute Gasteiger partial charge is 0.261 e. The highest BCUT2D eigenvalue weighted by atomic mass is 14.7. The molecule has 2 heterocycles. The number of rotatable bonds is 3. The fourth-order valence-corrected chi connectivity index (χ4v) is 3.95. The molecule has 2 heteroatoms. The highest BCUT2D eigenvalue weighted by molar-refractivity contribution is 5.92. The van der Waals surface area contributed by atoms with Gasteiger partial charge in [-0.15, -0.1) is 0 Å². The summed E-state index contributed by atoms with van der Waals surface area (Å²) in [6, 6.07) is 23.8. The first kappa shape index (κ1) is 16.2. The van der Waals surface area contributed by atoms with Crippen molar-refractivity contribution in [3.8, 4) is 22.4 Å². The van der Waals surface area contributed by atoms with Gasteiger partial charge in [0.15, 0.2) is 0 Å². The lowest BCUT2D eigenvalue weighted by Crippen LogP contribution is -2.08. The lowest BCUT2D eigenvalue weighted by Gasteiger charge is -2.25. The van der Waals surface area contributed by atoms with Gasteiger partial charge in [-0.2, -0.15) is 0 Å². The van der Waals surface area contributed by atoms with Gasteiger partial charge in [-0.05, 0) is 48.9 Å². The summed E-state index contributed by atoms with van der Waals surface area (Å²) < 4.78 is 0. The standard InChI is InChI=1S/C25H22N2/c1-17-22-16-23(20-6-3-2-4-7-20)25(27-24(22)14-15-26-17)21-12-10-19(11-13-21)18-8-5-9-18/h2-4,6-7,10-16,18H,5,8-9H2,1H3. The van der Waals surface area contributed by atoms with Gasteiger partial charge in [0.25, 0.3) is 0 Å². The third-order valence-electron chi connectivity index (χ3n) is 5.79. The average Bonchev–Trinajstić information content (AvgIpc) is 2.67. The SMILES string of the molecule is Cc1nccc2nc(-c3ccc(C4CCC4)cc3)c(-c3ccccc3)cc12. The summed E-state index contributed by atoms with van der Waals surface area (Å²) in [6.45, 7) is 2.05. The van der Waals surface area contributed by atoms with E-state index in [-0.39, 0.29) is 0 Å². The Labute approximate surface area is 159 Å². The van der Waals surface area contributed by atoms with E-state index in [1.54, 1.807) is 0 Å². The number of hydrogen-bond acceptors (Lipinski definition) is 2. The molecule has 4 aromatic rings. The molecule has 0 spiro atoms. The van der Waals surface area contributed by atoms with Crippen molar-refractivity contribution in [2.75, 3.05) is 0 Å². The third-order valence-corrected chi connectivity index (χ3v) is 5.79. The minimum Gasteiger partial charge on any atom is -0.261 e. The van der Waals surface area contributed by atoms with Crippen LogP contribution in [0, 0.1) is 6.92 Å². The second-order valence-corrected chi connectivity index (χ2v) is 7.46. The lowest BCUT2D eigenvalue weighted by atomic mass is 9.80. The van der Waals surface area contributed by atoms with Gasteiger partial charge in [0.2, 0.25) is 0 Å². The molecule has 0 radical (unpaired) electrons. The summed E-state index contributed by atoms with van der Waals surface area (Å²) >= 11 is 0. The molecular formula is C25H22N2. The van der Waals surface area contributed by atoms with E-state index in [2.05, 4.69) is 65.6 Å². The minimum absolute atomic E-state index is 0.755. The molecular weight excluding hydrogens is 328 g/mol. The predicted molar refractivity (Wildman–Crippen MR) is 112 cm³/mol. The Hall–Kier alpha value is -3.00. The summed E-state index contributed by atoms with van der Waals surface area (Å²) in [4.78, 5) is 9.50. The molecule has 1 fully saturated rings. The van der Waals surface area contributed by atoms with Crippen molar-refractivity contribution in [1.82, 2.24) is 9.97 Å². The van der Waals surface area contributed by atoms with Gasteiger partial charge in [0, 0.05) is 28.4 Å². The molecule has 2 nitrogen and oxygen atoms in total. The first-order valence-corrected chi connectivity index (χ1v) is 9.72. The maximum Gasteiger partial charge on any atom is 0.0788 e. The number of hydrogen-bond donors (Lipinski definition) is 0. The monoisotopic (exact) mass is 350 g/mol. The summed E-state index contributed by atoms with van der Waals surface area (Å²) in [5.41, 5.74) is 8.05. The Bertz CT molecular complexity index is 1090. The molecule has 0 N–H and O–H groups in total. The van der Waals surface area contributed by atoms with Crippen LogP contribution in [0.4, 0.5) is 0 Å². The zero-order valence-corrected chi connectivity index (χ0v) is 15.5. The minimum atomic E-state index is 0.755. The van der Waals surface area contributed by atoms with Gasteiger partial charge in [-0.1, -0.05) is 61.0 Å². The molecule has 5 rings (SSSR count). The highest BCUT2D eigenvalue weighted by Gasteiger charge is 2.19. The molecule has 27 heavy (non-hydrogen) atoms. The molecule has 2 aromatic heterocycles. The number of fused-ring (bicyclic) bond motifs is 1. The van der Waals surface area contributed by atoms with E-state index < -0.39 is 0 Å². The molecule has 2 aromatic carbocycles. The van der Waals surface area contributed by atoms with Crippen molar-refractivity contribution in [1.29, 1.82) is 0 Å². The van der Waals surface area contributed by atoms with Crippen molar-refractivity contribution >= 4 is 10.9 Å². The van der Waals surface area contributed by atoms with Crippen LogP contribution in [0.3, 0.4) is 0 Å². The van der Waals surface area contributed by atoms with E-state index in [0.29, 0.717) is 0 Å². The van der Waals surface area contributed by atoms with E-state index in [9.17, 15) is 0 Å². The van der Waals surface area contributed by atoms with Gasteiger partial charge in [0.05, 0.1) is 11.2 Å². The number of benzene rings is 2. The van der Waals surface area contributed by atoms with E-state index in [0.717, 1.165) is 33.8 Å². The van der Waals surface area contributed by atoms with Crippen molar-refractivity contribution in [2.45, 2.75) is 32.1 Å². The van der Waals surface area contributed by atoms with Gasteiger partial charge < -0.3 is 0 Å². The van der Waals surface area contributed by atoms with Crippen LogP contribution < -0.4 is 0 Å². The van der Waals surface area contributed by atoms with Crippen LogP contribution in [0.25, 0.3) is 33.3 Å². The fourth-order valence-electron chi connectivity index (χ4n) is 3.95. The molecule has 0 unspecified atom stereocenters. The molecule has 1 aliphatic rings. The lowest BCUT2D eigenvalue weighted by molar-refractivity contribution is 0.420. The Balaban J connectivity index is 1.69. The molecule has 0 bridgehead atoms. The van der Waals surface area contributed by atoms with Crippen molar-refractivity contribution in [3.63, 3.8) is 0 Å². The number of pyridine rings is 2. The number of nitrogens with zero attached hydrogens (tertiary/aromatic N) is 2. The summed E-state index contributed by atoms with van der Waals surface area (Å²) in [5, 5.41) is 1.12. The van der Waals surface area contributed by atoms with Crippen LogP contribution in [-0.4, -0.2) is 9.97 Å². The van der Waals surface area contributed by atoms with Crippen molar-refractivity contribution < 1.29 is 0 Å². The summed E-state index contributed by atoms with van der Waals surface area (Å²) in [7, 11) is 0. The molecule has 0 atom stereocenters. The normalized spacial score (nSPS) is 14.3. The zero-order chi connectivity index (χ0) is 18.2. The maximum absolute atomic E-state index is 5.05. The number of aryl methyl sites for hydroxylation is 1. The second-order valence-electron chi connectivity index (χ2n) is 7.46. The molecule has 1 saturated carbocycles. The van der Waals surface area contributed by atoms with Crippen LogP contribution >= 0.6 is 0 Å². The van der Waals surface area contributed by atoms with E-state index in [1.165, 1.54) is 36.0 Å². The summed E-state index contributed by atoms with van der Waals surface area (Å²) in [6.07, 6.45) is 5.87. The van der Waals surface area contributed by atoms with Crippen LogP contribution in [0.15, 0.2) is 72.9 Å². The van der Waals surface area contributed by atoms with Crippen LogP contribution in [0.5, 0.6) is 0 Å². The van der Waals surface area contributed by atoms with Crippen LogP contribution in [0.2, 0.25) is 0 Å². The van der Waals surface area contributed by atoms with Gasteiger partial charge in [-0.3, -0.25) is 4.98 Å². The van der Waals surface area contributed by atoms with Gasteiger partial charge in [0.1, 0.15) is 0 Å². The maximum atomic E-state index is 5.05. The number of aromatic nitrogens is 2. The Morgan fingerprint density at radius 1 is 0.852 bits per heavy atom. The Kier molecular flexibility index (Phi) is 3.97. The quantitative estimate of drug-likeness (QED) is 0.419. The topological polar surface area (TPSA) is 25.8 Å². The van der Waals surface area contributed by atoms with E-state index in [1.807, 2.05) is 19.2 Å². The Morgan fingerprint density at radius 3 is 2.33 bits per heavy atom. The van der Waals surface area contributed by atoms with Gasteiger partial charge >= 0.3 is 0 Å². The Morgan fingerprint density at radius 2 is 1.63 bits per heavy atom. The van der Waals surface area contributed by atoms with E-state index >= 15 is 0 Å². The second kappa shape index (κ2) is 6.62. The average molecular weight is 350 g/mol. The molecule has 1 aliphatic carbocycles. The smallest absolute Gasteiger partial charge is 0.0788 e. The third kappa shape index (κ3) is 2.91. The predicted octanol–water partition coefficient (Wildman–Crippen LogP) is 6.54.